The third kappa shape index (κ3) is 3.96. The van der Waals surface area contributed by atoms with E-state index in [-0.39, 0.29) is 11.8 Å². The van der Waals surface area contributed by atoms with Crippen LogP contribution in [0.1, 0.15) is 32.6 Å². The van der Waals surface area contributed by atoms with E-state index in [9.17, 15) is 8.42 Å². The van der Waals surface area contributed by atoms with Crippen LogP contribution >= 0.6 is 11.6 Å². The van der Waals surface area contributed by atoms with E-state index in [4.69, 9.17) is 11.6 Å². The summed E-state index contributed by atoms with van der Waals surface area (Å²) in [5.41, 5.74) is 0. The molecule has 1 saturated carbocycles. The molecule has 1 aromatic rings. The van der Waals surface area contributed by atoms with Crippen LogP contribution in [0.15, 0.2) is 29.2 Å². The first-order chi connectivity index (χ1) is 9.53. The minimum atomic E-state index is -3.26. The Kier molecular flexibility index (Phi) is 5.47. The molecule has 3 nitrogen and oxygen atoms in total. The van der Waals surface area contributed by atoms with Crippen molar-refractivity contribution in [1.82, 2.24) is 5.32 Å². The molecule has 0 bridgehead atoms. The van der Waals surface area contributed by atoms with Gasteiger partial charge in [-0.15, -0.1) is 0 Å². The molecule has 112 valence electrons. The van der Waals surface area contributed by atoms with Gasteiger partial charge in [0.15, 0.2) is 9.84 Å². The summed E-state index contributed by atoms with van der Waals surface area (Å²) in [6.07, 6.45) is 4.70. The zero-order valence-electron chi connectivity index (χ0n) is 11.8. The second-order valence-electron chi connectivity index (χ2n) is 5.44. The van der Waals surface area contributed by atoms with Crippen LogP contribution < -0.4 is 5.32 Å². The predicted molar refractivity (Wildman–Crippen MR) is 82.9 cm³/mol. The molecule has 5 heteroatoms. The molecular weight excluding hydrogens is 294 g/mol. The fourth-order valence-corrected chi connectivity index (χ4v) is 4.69. The molecule has 0 aliphatic heterocycles. The minimum absolute atomic E-state index is 0.0585. The Morgan fingerprint density at radius 3 is 2.40 bits per heavy atom. The van der Waals surface area contributed by atoms with Crippen molar-refractivity contribution in [3.63, 3.8) is 0 Å². The zero-order chi connectivity index (χ0) is 14.6. The highest BCUT2D eigenvalue weighted by Crippen LogP contribution is 2.29. The molecule has 0 heterocycles. The summed E-state index contributed by atoms with van der Waals surface area (Å²) < 4.78 is 25.0. The van der Waals surface area contributed by atoms with Crippen molar-refractivity contribution in [2.24, 2.45) is 5.92 Å². The Hall–Kier alpha value is -0.580. The first kappa shape index (κ1) is 15.8. The van der Waals surface area contributed by atoms with Gasteiger partial charge < -0.3 is 5.32 Å². The number of halogens is 1. The maximum Gasteiger partial charge on any atom is 0.179 e. The van der Waals surface area contributed by atoms with E-state index < -0.39 is 9.84 Å². The highest BCUT2D eigenvalue weighted by Gasteiger charge is 2.29. The average molecular weight is 316 g/mol. The fourth-order valence-electron chi connectivity index (χ4n) is 2.96. The lowest BCUT2D eigenvalue weighted by Gasteiger charge is -2.24. The number of benzene rings is 1. The molecule has 20 heavy (non-hydrogen) atoms. The third-order valence-corrected chi connectivity index (χ3v) is 6.05. The van der Waals surface area contributed by atoms with Gasteiger partial charge >= 0.3 is 0 Å². The molecule has 1 aromatic carbocycles. The van der Waals surface area contributed by atoms with Crippen LogP contribution in [0, 0.1) is 5.92 Å². The first-order valence-electron chi connectivity index (χ1n) is 7.24. The van der Waals surface area contributed by atoms with Crippen molar-refractivity contribution in [1.29, 1.82) is 0 Å². The molecule has 0 radical (unpaired) electrons. The Morgan fingerprint density at radius 1 is 1.25 bits per heavy atom. The molecule has 1 N–H and O–H groups in total. The van der Waals surface area contributed by atoms with E-state index in [1.165, 1.54) is 12.8 Å². The Balaban J connectivity index is 2.13. The Morgan fingerprint density at radius 2 is 1.85 bits per heavy atom. The van der Waals surface area contributed by atoms with Gasteiger partial charge in [-0.2, -0.15) is 0 Å². The monoisotopic (exact) mass is 315 g/mol. The van der Waals surface area contributed by atoms with Gasteiger partial charge in [-0.05, 0) is 49.6 Å². The topological polar surface area (TPSA) is 46.2 Å². The molecular formula is C15H22ClNO2S. The SMILES string of the molecule is CCNC(CS(=O)(=O)c1ccc(Cl)cc1)C1CCCC1. The van der Waals surface area contributed by atoms with E-state index in [0.29, 0.717) is 15.8 Å². The van der Waals surface area contributed by atoms with Crippen molar-refractivity contribution in [3.8, 4) is 0 Å². The zero-order valence-corrected chi connectivity index (χ0v) is 13.4. The normalized spacial score (nSPS) is 18.3. The van der Waals surface area contributed by atoms with Gasteiger partial charge in [-0.25, -0.2) is 8.42 Å². The van der Waals surface area contributed by atoms with Crippen molar-refractivity contribution >= 4 is 21.4 Å². The van der Waals surface area contributed by atoms with Gasteiger partial charge in [0.25, 0.3) is 0 Å². The van der Waals surface area contributed by atoms with Gasteiger partial charge in [0.1, 0.15) is 0 Å². The molecule has 0 spiro atoms. The van der Waals surface area contributed by atoms with E-state index in [1.54, 1.807) is 24.3 Å². The number of nitrogens with one attached hydrogen (secondary N) is 1. The van der Waals surface area contributed by atoms with Crippen LogP contribution in [0.5, 0.6) is 0 Å². The van der Waals surface area contributed by atoms with Gasteiger partial charge in [0.05, 0.1) is 10.6 Å². The van der Waals surface area contributed by atoms with E-state index in [2.05, 4.69) is 5.32 Å². The van der Waals surface area contributed by atoms with Crippen LogP contribution in [0.3, 0.4) is 0 Å². The highest BCUT2D eigenvalue weighted by atomic mass is 35.5. The quantitative estimate of drug-likeness (QED) is 0.876. The van der Waals surface area contributed by atoms with Gasteiger partial charge in [-0.1, -0.05) is 31.4 Å². The maximum atomic E-state index is 12.5. The summed E-state index contributed by atoms with van der Waals surface area (Å²) in [4.78, 5) is 0.364. The molecule has 1 fully saturated rings. The number of hydrogen-bond acceptors (Lipinski definition) is 3. The smallest absolute Gasteiger partial charge is 0.179 e. The van der Waals surface area contributed by atoms with Gasteiger partial charge in [0, 0.05) is 11.1 Å². The molecule has 1 aliphatic rings. The maximum absolute atomic E-state index is 12.5. The molecule has 0 amide bonds. The minimum Gasteiger partial charge on any atom is -0.313 e. The fraction of sp³-hybridized carbons (Fsp3) is 0.600. The van der Waals surface area contributed by atoms with Crippen molar-refractivity contribution in [2.75, 3.05) is 12.3 Å². The molecule has 0 aromatic heterocycles. The molecule has 2 rings (SSSR count). The van der Waals surface area contributed by atoms with Gasteiger partial charge in [0.2, 0.25) is 0 Å². The van der Waals surface area contributed by atoms with Crippen LogP contribution in [-0.2, 0) is 9.84 Å². The van der Waals surface area contributed by atoms with E-state index in [0.717, 1.165) is 19.4 Å². The molecule has 1 aliphatic carbocycles. The van der Waals surface area contributed by atoms with Crippen LogP contribution in [0.2, 0.25) is 5.02 Å². The Bertz CT molecular complexity index is 521. The second kappa shape index (κ2) is 6.92. The van der Waals surface area contributed by atoms with E-state index >= 15 is 0 Å². The first-order valence-corrected chi connectivity index (χ1v) is 9.27. The standard InChI is InChI=1S/C15H22ClNO2S/c1-2-17-15(12-5-3-4-6-12)11-20(18,19)14-9-7-13(16)8-10-14/h7-10,12,15,17H,2-6,11H2,1H3. The molecule has 1 atom stereocenters. The summed E-state index contributed by atoms with van der Waals surface area (Å²) in [5.74, 6) is 0.657. The lowest BCUT2D eigenvalue weighted by Crippen LogP contribution is -2.40. The molecule has 1 unspecified atom stereocenters. The van der Waals surface area contributed by atoms with Crippen molar-refractivity contribution in [3.05, 3.63) is 29.3 Å². The van der Waals surface area contributed by atoms with Crippen molar-refractivity contribution in [2.45, 2.75) is 43.5 Å². The van der Waals surface area contributed by atoms with Crippen LogP contribution in [0.4, 0.5) is 0 Å². The summed E-state index contributed by atoms with van der Waals surface area (Å²) in [6, 6.07) is 6.51. The third-order valence-electron chi connectivity index (χ3n) is 4.01. The predicted octanol–water partition coefficient (Wildman–Crippen LogP) is 3.28. The van der Waals surface area contributed by atoms with E-state index in [1.807, 2.05) is 6.92 Å². The summed E-state index contributed by atoms with van der Waals surface area (Å²) in [5, 5.41) is 3.91. The lowest BCUT2D eigenvalue weighted by molar-refractivity contribution is 0.389. The average Bonchev–Trinajstić information content (AvgIpc) is 2.92. The number of hydrogen-bond donors (Lipinski definition) is 1. The number of sulfone groups is 1. The number of rotatable bonds is 6. The summed E-state index contributed by atoms with van der Waals surface area (Å²) in [6.45, 7) is 2.83. The molecule has 0 saturated heterocycles. The van der Waals surface area contributed by atoms with Crippen LogP contribution in [-0.4, -0.2) is 26.8 Å². The van der Waals surface area contributed by atoms with Crippen molar-refractivity contribution < 1.29 is 8.42 Å². The summed E-state index contributed by atoms with van der Waals surface area (Å²) >= 11 is 5.81. The highest BCUT2D eigenvalue weighted by molar-refractivity contribution is 7.91. The van der Waals surface area contributed by atoms with Crippen LogP contribution in [0.25, 0.3) is 0 Å². The van der Waals surface area contributed by atoms with Gasteiger partial charge in [-0.3, -0.25) is 0 Å². The lowest BCUT2D eigenvalue weighted by atomic mass is 10.00. The largest absolute Gasteiger partial charge is 0.313 e. The Labute approximate surface area is 126 Å². The second-order valence-corrected chi connectivity index (χ2v) is 7.91. The summed E-state index contributed by atoms with van der Waals surface area (Å²) in [7, 11) is -3.26.